The molecule has 4 heteroatoms. The number of carbonyl (C=O) groups excluding carboxylic acids is 2. The molecule has 1 fully saturated rings. The molecule has 0 heterocycles. The van der Waals surface area contributed by atoms with Crippen molar-refractivity contribution < 1.29 is 9.59 Å². The van der Waals surface area contributed by atoms with Gasteiger partial charge in [-0.15, -0.1) is 0 Å². The molecule has 2 N–H and O–H groups in total. The van der Waals surface area contributed by atoms with Crippen LogP contribution in [-0.4, -0.2) is 17.4 Å². The topological polar surface area (TPSA) is 58.2 Å². The molecule has 1 aromatic rings. The molecule has 0 spiro atoms. The summed E-state index contributed by atoms with van der Waals surface area (Å²) in [5.41, 5.74) is 1.77. The van der Waals surface area contributed by atoms with E-state index in [4.69, 9.17) is 0 Å². The van der Waals surface area contributed by atoms with Gasteiger partial charge in [-0.25, -0.2) is 0 Å². The summed E-state index contributed by atoms with van der Waals surface area (Å²) >= 11 is 0. The number of rotatable bonds is 4. The molecule has 0 saturated heterocycles. The molecule has 1 aromatic carbocycles. The van der Waals surface area contributed by atoms with Gasteiger partial charge in [-0.1, -0.05) is 26.0 Å². The lowest BCUT2D eigenvalue weighted by Gasteiger charge is -2.20. The highest BCUT2D eigenvalue weighted by Crippen LogP contribution is 2.39. The second kappa shape index (κ2) is 6.11. The summed E-state index contributed by atoms with van der Waals surface area (Å²) < 4.78 is 0. The number of anilines is 1. The molecule has 2 unspecified atom stereocenters. The van der Waals surface area contributed by atoms with Gasteiger partial charge >= 0.3 is 0 Å². The SMILES string of the molecule is CC(C)c1ccc(NC(=O)C2CC2C(=O)NC(C)(C)C)cc1. The molecule has 0 aliphatic heterocycles. The predicted molar refractivity (Wildman–Crippen MR) is 88.7 cm³/mol. The fourth-order valence-corrected chi connectivity index (χ4v) is 2.42. The van der Waals surface area contributed by atoms with E-state index in [1.807, 2.05) is 45.0 Å². The van der Waals surface area contributed by atoms with E-state index < -0.39 is 0 Å². The Morgan fingerprint density at radius 3 is 2.09 bits per heavy atom. The molecule has 0 aromatic heterocycles. The van der Waals surface area contributed by atoms with Gasteiger partial charge in [-0.05, 0) is 50.8 Å². The van der Waals surface area contributed by atoms with Crippen molar-refractivity contribution >= 4 is 17.5 Å². The van der Waals surface area contributed by atoms with Crippen LogP contribution < -0.4 is 10.6 Å². The van der Waals surface area contributed by atoms with Crippen LogP contribution in [0.1, 0.15) is 52.5 Å². The zero-order chi connectivity index (χ0) is 16.5. The van der Waals surface area contributed by atoms with Crippen molar-refractivity contribution in [3.8, 4) is 0 Å². The molecule has 1 aliphatic carbocycles. The molecule has 2 rings (SSSR count). The van der Waals surface area contributed by atoms with Crippen molar-refractivity contribution in [3.05, 3.63) is 29.8 Å². The average Bonchev–Trinajstić information content (AvgIpc) is 3.17. The maximum Gasteiger partial charge on any atom is 0.228 e. The summed E-state index contributed by atoms with van der Waals surface area (Å²) in [5, 5.41) is 5.83. The zero-order valence-electron chi connectivity index (χ0n) is 14.1. The number of carbonyl (C=O) groups is 2. The van der Waals surface area contributed by atoms with Crippen LogP contribution in [0.2, 0.25) is 0 Å². The quantitative estimate of drug-likeness (QED) is 0.896. The number of hydrogen-bond acceptors (Lipinski definition) is 2. The van der Waals surface area contributed by atoms with Crippen LogP contribution in [0.15, 0.2) is 24.3 Å². The van der Waals surface area contributed by atoms with Crippen molar-refractivity contribution in [3.63, 3.8) is 0 Å². The Bertz CT molecular complexity index is 555. The second-order valence-electron chi connectivity index (χ2n) is 7.45. The summed E-state index contributed by atoms with van der Waals surface area (Å²) in [6.45, 7) is 10.1. The molecule has 2 amide bonds. The minimum absolute atomic E-state index is 0.0252. The summed E-state index contributed by atoms with van der Waals surface area (Å²) in [7, 11) is 0. The van der Waals surface area contributed by atoms with E-state index in [1.54, 1.807) is 0 Å². The number of benzene rings is 1. The van der Waals surface area contributed by atoms with Crippen LogP contribution in [0, 0.1) is 11.8 Å². The standard InChI is InChI=1S/C18H26N2O2/c1-11(2)12-6-8-13(9-7-12)19-16(21)14-10-15(14)17(22)20-18(3,4)5/h6-9,11,14-15H,10H2,1-5H3,(H,19,21)(H,20,22). The van der Waals surface area contributed by atoms with Gasteiger partial charge in [0.15, 0.2) is 0 Å². The summed E-state index contributed by atoms with van der Waals surface area (Å²) in [6.07, 6.45) is 0.637. The molecule has 0 radical (unpaired) electrons. The van der Waals surface area contributed by atoms with Crippen molar-refractivity contribution in [1.82, 2.24) is 5.32 Å². The lowest BCUT2D eigenvalue weighted by atomic mass is 10.0. The van der Waals surface area contributed by atoms with Crippen LogP contribution in [0.3, 0.4) is 0 Å². The largest absolute Gasteiger partial charge is 0.351 e. The van der Waals surface area contributed by atoms with E-state index in [0.29, 0.717) is 12.3 Å². The lowest BCUT2D eigenvalue weighted by molar-refractivity contribution is -0.126. The van der Waals surface area contributed by atoms with Gasteiger partial charge in [0.2, 0.25) is 11.8 Å². The molecule has 4 nitrogen and oxygen atoms in total. The number of hydrogen-bond donors (Lipinski definition) is 2. The highest BCUT2D eigenvalue weighted by atomic mass is 16.2. The molecule has 1 aliphatic rings. The van der Waals surface area contributed by atoms with E-state index in [9.17, 15) is 9.59 Å². The minimum atomic E-state index is -0.257. The van der Waals surface area contributed by atoms with Gasteiger partial charge < -0.3 is 10.6 Å². The van der Waals surface area contributed by atoms with E-state index in [0.717, 1.165) is 5.69 Å². The first kappa shape index (κ1) is 16.5. The molecule has 22 heavy (non-hydrogen) atoms. The average molecular weight is 302 g/mol. The minimum Gasteiger partial charge on any atom is -0.351 e. The Labute approximate surface area is 132 Å². The van der Waals surface area contributed by atoms with Gasteiger partial charge in [-0.3, -0.25) is 9.59 Å². The van der Waals surface area contributed by atoms with E-state index in [1.165, 1.54) is 5.56 Å². The first-order valence-corrected chi connectivity index (χ1v) is 7.90. The third kappa shape index (κ3) is 4.33. The first-order chi connectivity index (χ1) is 10.2. The Morgan fingerprint density at radius 1 is 1.05 bits per heavy atom. The van der Waals surface area contributed by atoms with Gasteiger partial charge in [0, 0.05) is 11.2 Å². The van der Waals surface area contributed by atoms with Gasteiger partial charge in [0.05, 0.1) is 11.8 Å². The predicted octanol–water partition coefficient (Wildman–Crippen LogP) is 3.30. The van der Waals surface area contributed by atoms with E-state index in [-0.39, 0.29) is 29.2 Å². The summed E-state index contributed by atoms with van der Waals surface area (Å²) in [4.78, 5) is 24.2. The lowest BCUT2D eigenvalue weighted by Crippen LogP contribution is -2.42. The molecule has 120 valence electrons. The van der Waals surface area contributed by atoms with Crippen LogP contribution in [0.4, 0.5) is 5.69 Å². The number of amides is 2. The van der Waals surface area contributed by atoms with Gasteiger partial charge in [0.1, 0.15) is 0 Å². The third-order valence-corrected chi connectivity index (χ3v) is 3.81. The van der Waals surface area contributed by atoms with Crippen LogP contribution in [0.25, 0.3) is 0 Å². The van der Waals surface area contributed by atoms with Gasteiger partial charge in [-0.2, -0.15) is 0 Å². The number of nitrogens with one attached hydrogen (secondary N) is 2. The highest BCUT2D eigenvalue weighted by Gasteiger charge is 2.48. The van der Waals surface area contributed by atoms with Crippen LogP contribution in [0.5, 0.6) is 0 Å². The molecule has 2 atom stereocenters. The fraction of sp³-hybridized carbons (Fsp3) is 0.556. The van der Waals surface area contributed by atoms with Crippen molar-refractivity contribution in [2.24, 2.45) is 11.8 Å². The van der Waals surface area contributed by atoms with Crippen LogP contribution >= 0.6 is 0 Å². The Hall–Kier alpha value is -1.84. The molecule has 1 saturated carbocycles. The molecular formula is C18H26N2O2. The van der Waals surface area contributed by atoms with Crippen molar-refractivity contribution in [2.75, 3.05) is 5.32 Å². The Kier molecular flexibility index (Phi) is 4.59. The first-order valence-electron chi connectivity index (χ1n) is 7.90. The van der Waals surface area contributed by atoms with E-state index in [2.05, 4.69) is 24.5 Å². The zero-order valence-corrected chi connectivity index (χ0v) is 14.1. The molecule has 0 bridgehead atoms. The maximum atomic E-state index is 12.2. The van der Waals surface area contributed by atoms with Crippen LogP contribution in [-0.2, 0) is 9.59 Å². The summed E-state index contributed by atoms with van der Waals surface area (Å²) in [5.74, 6) is -0.00546. The highest BCUT2D eigenvalue weighted by molar-refractivity contribution is 5.99. The fourth-order valence-electron chi connectivity index (χ4n) is 2.42. The second-order valence-corrected chi connectivity index (χ2v) is 7.45. The van der Waals surface area contributed by atoms with Gasteiger partial charge in [0.25, 0.3) is 0 Å². The normalized spacial score (nSPS) is 20.6. The monoisotopic (exact) mass is 302 g/mol. The van der Waals surface area contributed by atoms with Crippen molar-refractivity contribution in [1.29, 1.82) is 0 Å². The third-order valence-electron chi connectivity index (χ3n) is 3.81. The Balaban J connectivity index is 1.88. The Morgan fingerprint density at radius 2 is 1.59 bits per heavy atom. The molecular weight excluding hydrogens is 276 g/mol. The van der Waals surface area contributed by atoms with E-state index >= 15 is 0 Å². The smallest absolute Gasteiger partial charge is 0.228 e. The summed E-state index contributed by atoms with van der Waals surface area (Å²) in [6, 6.07) is 7.88. The maximum absolute atomic E-state index is 12.2. The van der Waals surface area contributed by atoms with Crippen molar-refractivity contribution in [2.45, 2.75) is 52.5 Å².